The van der Waals surface area contributed by atoms with E-state index in [1.807, 2.05) is 6.92 Å². The Morgan fingerprint density at radius 1 is 1.33 bits per heavy atom. The van der Waals surface area contributed by atoms with Crippen molar-refractivity contribution < 1.29 is 22.7 Å². The Kier molecular flexibility index (Phi) is 6.32. The van der Waals surface area contributed by atoms with Gasteiger partial charge in [0.25, 0.3) is 0 Å². The number of alkyl halides is 3. The maximum atomic E-state index is 12.2. The van der Waals surface area contributed by atoms with Gasteiger partial charge in [0.1, 0.15) is 17.7 Å². The average Bonchev–Trinajstić information content (AvgIpc) is 3.10. The van der Waals surface area contributed by atoms with Gasteiger partial charge in [-0.05, 0) is 31.5 Å². The third-order valence-electron chi connectivity index (χ3n) is 3.66. The molecule has 0 aliphatic carbocycles. The van der Waals surface area contributed by atoms with E-state index in [0.29, 0.717) is 29.1 Å². The van der Waals surface area contributed by atoms with E-state index in [0.717, 1.165) is 0 Å². The summed E-state index contributed by atoms with van der Waals surface area (Å²) in [6, 6.07) is 5.20. The van der Waals surface area contributed by atoms with Crippen LogP contribution in [0, 0.1) is 0 Å². The molecule has 0 bridgehead atoms. The van der Waals surface area contributed by atoms with Gasteiger partial charge in [0.2, 0.25) is 0 Å². The van der Waals surface area contributed by atoms with Crippen molar-refractivity contribution >= 4 is 17.8 Å². The van der Waals surface area contributed by atoms with Crippen LogP contribution in [0.15, 0.2) is 41.5 Å². The van der Waals surface area contributed by atoms with Crippen molar-refractivity contribution in [1.29, 1.82) is 0 Å². The molecule has 10 heteroatoms. The Morgan fingerprint density at radius 3 is 2.56 bits per heavy atom. The van der Waals surface area contributed by atoms with Gasteiger partial charge in [0.15, 0.2) is 0 Å². The first-order valence-corrected chi connectivity index (χ1v) is 7.87. The summed E-state index contributed by atoms with van der Waals surface area (Å²) in [5.41, 5.74) is 1.57. The molecule has 0 fully saturated rings. The molecule has 0 saturated heterocycles. The normalized spacial score (nSPS) is 14.0. The first kappa shape index (κ1) is 20.1. The fraction of sp³-hybridized carbons (Fsp3) is 0.294. The molecule has 0 aliphatic heterocycles. The van der Waals surface area contributed by atoms with Crippen molar-refractivity contribution in [3.05, 3.63) is 47.8 Å². The Labute approximate surface area is 153 Å². The molecule has 0 amide bonds. The topological polar surface area (TPSA) is 81.4 Å². The molecule has 2 aromatic rings. The van der Waals surface area contributed by atoms with E-state index in [-0.39, 0.29) is 11.8 Å². The molecule has 144 valence electrons. The number of aliphatic imine (C=N–C) groups is 1. The number of halogens is 3. The molecule has 27 heavy (non-hydrogen) atoms. The molecule has 0 aliphatic rings. The largest absolute Gasteiger partial charge is 0.573 e. The summed E-state index contributed by atoms with van der Waals surface area (Å²) in [6.07, 6.45) is -1.19. The smallest absolute Gasteiger partial charge is 0.406 e. The third-order valence-corrected chi connectivity index (χ3v) is 3.66. The van der Waals surface area contributed by atoms with E-state index in [2.05, 4.69) is 25.4 Å². The number of aromatic nitrogens is 3. The molecule has 1 atom stereocenters. The fourth-order valence-corrected chi connectivity index (χ4v) is 2.20. The molecular weight excluding hydrogens is 363 g/mol. The summed E-state index contributed by atoms with van der Waals surface area (Å²) in [5.74, 6) is 0.290. The van der Waals surface area contributed by atoms with E-state index >= 15 is 0 Å². The van der Waals surface area contributed by atoms with Crippen LogP contribution in [0.1, 0.15) is 31.1 Å². The molecule has 1 N–H and O–H groups in total. The van der Waals surface area contributed by atoms with Crippen molar-refractivity contribution in [1.82, 2.24) is 20.3 Å². The maximum Gasteiger partial charge on any atom is 0.573 e. The second-order valence-electron chi connectivity index (χ2n) is 5.53. The predicted molar refractivity (Wildman–Crippen MR) is 93.2 cm³/mol. The number of rotatable bonds is 6. The lowest BCUT2D eigenvalue weighted by Gasteiger charge is -2.13. The van der Waals surface area contributed by atoms with Crippen LogP contribution in [-0.2, 0) is 4.79 Å². The number of hydrogen-bond acceptors (Lipinski definition) is 5. The Bertz CT molecular complexity index is 841. The lowest BCUT2D eigenvalue weighted by atomic mass is 10.1. The standard InChI is InChI=1S/C17H18F3N5O2/c1-11(13-4-6-14(7-5-13)27-17(18,19)20)25-10-16(23-24-25)15(8-9-26)22-12(2)21-3/h4-11H,1-3H3,(H,21,22)/b15-8-. The van der Waals surface area contributed by atoms with Gasteiger partial charge in [-0.1, -0.05) is 17.3 Å². The van der Waals surface area contributed by atoms with Crippen LogP contribution in [-0.4, -0.2) is 40.5 Å². The number of nitrogens with one attached hydrogen (secondary N) is 1. The van der Waals surface area contributed by atoms with E-state index in [1.54, 1.807) is 20.2 Å². The van der Waals surface area contributed by atoms with Crippen molar-refractivity contribution in [2.24, 2.45) is 4.99 Å². The number of allylic oxidation sites excluding steroid dienone is 1. The van der Waals surface area contributed by atoms with Gasteiger partial charge in [0.05, 0.1) is 23.8 Å². The number of nitrogens with zero attached hydrogens (tertiary/aromatic N) is 4. The minimum absolute atomic E-state index is 0.299. The molecule has 7 nitrogen and oxygen atoms in total. The summed E-state index contributed by atoms with van der Waals surface area (Å²) in [7, 11) is 1.60. The van der Waals surface area contributed by atoms with Crippen LogP contribution in [0.25, 0.3) is 5.70 Å². The van der Waals surface area contributed by atoms with Crippen LogP contribution in [0.2, 0.25) is 0 Å². The zero-order chi connectivity index (χ0) is 20.0. The first-order chi connectivity index (χ1) is 12.7. The van der Waals surface area contributed by atoms with Gasteiger partial charge < -0.3 is 10.1 Å². The lowest BCUT2D eigenvalue weighted by molar-refractivity contribution is -0.274. The number of aldehydes is 1. The summed E-state index contributed by atoms with van der Waals surface area (Å²) in [6.45, 7) is 3.55. The van der Waals surface area contributed by atoms with Gasteiger partial charge >= 0.3 is 6.36 Å². The zero-order valence-corrected chi connectivity index (χ0v) is 14.9. The summed E-state index contributed by atoms with van der Waals surface area (Å²) >= 11 is 0. The molecule has 0 saturated carbocycles. The molecule has 0 radical (unpaired) electrons. The minimum Gasteiger partial charge on any atom is -0.406 e. The highest BCUT2D eigenvalue weighted by molar-refractivity contribution is 5.92. The van der Waals surface area contributed by atoms with E-state index in [1.165, 1.54) is 35.0 Å². The van der Waals surface area contributed by atoms with Crippen molar-refractivity contribution in [2.75, 3.05) is 7.05 Å². The monoisotopic (exact) mass is 381 g/mol. The summed E-state index contributed by atoms with van der Waals surface area (Å²) in [4.78, 5) is 14.8. The minimum atomic E-state index is -4.73. The number of carbonyl (C=O) groups is 1. The second-order valence-corrected chi connectivity index (χ2v) is 5.53. The Balaban J connectivity index is 2.19. The van der Waals surface area contributed by atoms with Crippen LogP contribution in [0.3, 0.4) is 0 Å². The number of amidine groups is 1. The zero-order valence-electron chi connectivity index (χ0n) is 14.9. The molecule has 2 rings (SSSR count). The number of benzene rings is 1. The van der Waals surface area contributed by atoms with Gasteiger partial charge in [-0.15, -0.1) is 18.3 Å². The van der Waals surface area contributed by atoms with Crippen molar-refractivity contribution in [3.8, 4) is 5.75 Å². The SMILES string of the molecule is CN=C(C)N/C(=C\C=O)c1cn(C(C)c2ccc(OC(F)(F)F)cc2)nn1. The van der Waals surface area contributed by atoms with Crippen LogP contribution in [0.4, 0.5) is 13.2 Å². The number of carbonyl (C=O) groups excluding carboxylic acids is 1. The quantitative estimate of drug-likeness (QED) is 0.360. The molecular formula is C17H18F3N5O2. The van der Waals surface area contributed by atoms with E-state index in [4.69, 9.17) is 0 Å². The first-order valence-electron chi connectivity index (χ1n) is 7.87. The Hall–Kier alpha value is -3.17. The highest BCUT2D eigenvalue weighted by atomic mass is 19.4. The second kappa shape index (κ2) is 8.47. The van der Waals surface area contributed by atoms with E-state index < -0.39 is 6.36 Å². The lowest BCUT2D eigenvalue weighted by Crippen LogP contribution is -2.19. The number of ether oxygens (including phenoxy) is 1. The molecule has 1 aromatic carbocycles. The third kappa shape index (κ3) is 5.66. The maximum absolute atomic E-state index is 12.2. The molecule has 0 spiro atoms. The van der Waals surface area contributed by atoms with Gasteiger partial charge in [0, 0.05) is 13.1 Å². The van der Waals surface area contributed by atoms with Crippen molar-refractivity contribution in [3.63, 3.8) is 0 Å². The fourth-order valence-electron chi connectivity index (χ4n) is 2.20. The van der Waals surface area contributed by atoms with Crippen LogP contribution >= 0.6 is 0 Å². The summed E-state index contributed by atoms with van der Waals surface area (Å²) in [5, 5.41) is 11.0. The Morgan fingerprint density at radius 2 is 2.00 bits per heavy atom. The van der Waals surface area contributed by atoms with E-state index in [9.17, 15) is 18.0 Å². The predicted octanol–water partition coefficient (Wildman–Crippen LogP) is 2.96. The van der Waals surface area contributed by atoms with Crippen LogP contribution in [0.5, 0.6) is 5.75 Å². The summed E-state index contributed by atoms with van der Waals surface area (Å²) < 4.78 is 42.1. The van der Waals surface area contributed by atoms with Gasteiger partial charge in [-0.25, -0.2) is 4.68 Å². The highest BCUT2D eigenvalue weighted by Crippen LogP contribution is 2.25. The molecule has 1 aromatic heterocycles. The van der Waals surface area contributed by atoms with Crippen molar-refractivity contribution in [2.45, 2.75) is 26.3 Å². The molecule has 1 unspecified atom stereocenters. The molecule has 1 heterocycles. The van der Waals surface area contributed by atoms with Gasteiger partial charge in [-0.3, -0.25) is 9.79 Å². The number of hydrogen-bond donors (Lipinski definition) is 1. The average molecular weight is 381 g/mol. The highest BCUT2D eigenvalue weighted by Gasteiger charge is 2.31. The van der Waals surface area contributed by atoms with Gasteiger partial charge in [-0.2, -0.15) is 0 Å². The van der Waals surface area contributed by atoms with Crippen LogP contribution < -0.4 is 10.1 Å².